The normalized spacial score (nSPS) is 22.2. The minimum absolute atomic E-state index is 0.107. The SMILES string of the molecule is Cc1ccc([C@@]2(CCn3c(-c4ccccc4)nc(=S)c4c3CCCC4)CCO[C@H](C(C)C)C2)cc1. The van der Waals surface area contributed by atoms with Gasteiger partial charge in [0, 0.05) is 35.4 Å². The summed E-state index contributed by atoms with van der Waals surface area (Å²) in [5, 5.41) is 0. The smallest absolute Gasteiger partial charge is 0.141 e. The molecule has 0 bridgehead atoms. The number of rotatable bonds is 6. The van der Waals surface area contributed by atoms with Gasteiger partial charge in [-0.25, -0.2) is 4.98 Å². The van der Waals surface area contributed by atoms with Gasteiger partial charge in [-0.05, 0) is 63.4 Å². The number of fused-ring (bicyclic) bond motifs is 1. The molecule has 0 unspecified atom stereocenters. The van der Waals surface area contributed by atoms with E-state index in [4.69, 9.17) is 21.9 Å². The Kier molecular flexibility index (Phi) is 7.22. The molecule has 0 amide bonds. The molecule has 184 valence electrons. The first kappa shape index (κ1) is 24.4. The van der Waals surface area contributed by atoms with Gasteiger partial charge in [0.15, 0.2) is 0 Å². The molecule has 3 aromatic rings. The summed E-state index contributed by atoms with van der Waals surface area (Å²) in [7, 11) is 0. The summed E-state index contributed by atoms with van der Waals surface area (Å²) < 4.78 is 9.58. The molecule has 1 aliphatic carbocycles. The largest absolute Gasteiger partial charge is 0.378 e. The first-order valence-electron chi connectivity index (χ1n) is 13.3. The number of benzene rings is 2. The summed E-state index contributed by atoms with van der Waals surface area (Å²) >= 11 is 5.81. The molecular weight excluding hydrogens is 448 g/mol. The lowest BCUT2D eigenvalue weighted by Crippen LogP contribution is -2.41. The lowest BCUT2D eigenvalue weighted by molar-refractivity contribution is -0.0479. The minimum atomic E-state index is 0.107. The summed E-state index contributed by atoms with van der Waals surface area (Å²) in [6.07, 6.45) is 8.11. The number of ether oxygens (including phenoxy) is 1. The maximum atomic E-state index is 6.26. The van der Waals surface area contributed by atoms with E-state index in [-0.39, 0.29) is 5.41 Å². The van der Waals surface area contributed by atoms with Crippen molar-refractivity contribution in [3.8, 4) is 11.4 Å². The Labute approximate surface area is 215 Å². The zero-order valence-corrected chi connectivity index (χ0v) is 22.2. The Bertz CT molecular complexity index is 1220. The molecule has 2 aromatic carbocycles. The molecule has 3 nitrogen and oxygen atoms in total. The average Bonchev–Trinajstić information content (AvgIpc) is 2.89. The van der Waals surface area contributed by atoms with Crippen molar-refractivity contribution in [3.63, 3.8) is 0 Å². The van der Waals surface area contributed by atoms with Crippen molar-refractivity contribution in [1.29, 1.82) is 0 Å². The standard InChI is InChI=1S/C31H38N2OS/c1-22(2)28-21-31(18-20-34-28,25-15-13-23(3)14-16-25)17-19-33-27-12-8-7-11-26(27)30(35)32-29(33)24-9-5-4-6-10-24/h4-6,9-10,13-16,22,28H,7-8,11-12,17-21H2,1-3H3/t28-,31-/m0/s1. The number of hydrogen-bond acceptors (Lipinski definition) is 3. The molecule has 1 aromatic heterocycles. The van der Waals surface area contributed by atoms with E-state index in [1.165, 1.54) is 35.2 Å². The van der Waals surface area contributed by atoms with Crippen LogP contribution in [0, 0.1) is 17.5 Å². The van der Waals surface area contributed by atoms with Gasteiger partial charge in [-0.3, -0.25) is 0 Å². The lowest BCUT2D eigenvalue weighted by Gasteiger charge is -2.43. The van der Waals surface area contributed by atoms with E-state index in [2.05, 4.69) is 79.9 Å². The van der Waals surface area contributed by atoms with Crippen molar-refractivity contribution >= 4 is 12.2 Å². The van der Waals surface area contributed by atoms with E-state index in [0.29, 0.717) is 12.0 Å². The molecule has 0 N–H and O–H groups in total. The second-order valence-electron chi connectivity index (χ2n) is 10.9. The predicted molar refractivity (Wildman–Crippen MR) is 146 cm³/mol. The van der Waals surface area contributed by atoms with Gasteiger partial charge in [0.2, 0.25) is 0 Å². The predicted octanol–water partition coefficient (Wildman–Crippen LogP) is 7.63. The van der Waals surface area contributed by atoms with Crippen LogP contribution in [-0.2, 0) is 29.5 Å². The minimum Gasteiger partial charge on any atom is -0.378 e. The molecule has 35 heavy (non-hydrogen) atoms. The topological polar surface area (TPSA) is 27.1 Å². The van der Waals surface area contributed by atoms with Crippen molar-refractivity contribution in [2.75, 3.05) is 6.61 Å². The summed E-state index contributed by atoms with van der Waals surface area (Å²) in [5.74, 6) is 1.55. The zero-order valence-electron chi connectivity index (χ0n) is 21.4. The highest BCUT2D eigenvalue weighted by molar-refractivity contribution is 7.71. The van der Waals surface area contributed by atoms with Crippen LogP contribution in [0.4, 0.5) is 0 Å². The van der Waals surface area contributed by atoms with E-state index in [9.17, 15) is 0 Å². The highest BCUT2D eigenvalue weighted by Crippen LogP contribution is 2.43. The van der Waals surface area contributed by atoms with E-state index < -0.39 is 0 Å². The van der Waals surface area contributed by atoms with Crippen molar-refractivity contribution in [1.82, 2.24) is 9.55 Å². The Morgan fingerprint density at radius 2 is 1.80 bits per heavy atom. The van der Waals surface area contributed by atoms with Crippen molar-refractivity contribution < 1.29 is 4.74 Å². The third-order valence-corrected chi connectivity index (χ3v) is 8.58. The van der Waals surface area contributed by atoms with Gasteiger partial charge < -0.3 is 9.30 Å². The average molecular weight is 487 g/mol. The van der Waals surface area contributed by atoms with E-state index in [1.54, 1.807) is 0 Å². The van der Waals surface area contributed by atoms with E-state index >= 15 is 0 Å². The van der Waals surface area contributed by atoms with Gasteiger partial charge >= 0.3 is 0 Å². The number of hydrogen-bond donors (Lipinski definition) is 0. The van der Waals surface area contributed by atoms with Crippen molar-refractivity contribution in [3.05, 3.63) is 81.6 Å². The van der Waals surface area contributed by atoms with E-state index in [1.807, 2.05) is 0 Å². The van der Waals surface area contributed by atoms with Gasteiger partial charge in [0.1, 0.15) is 10.5 Å². The van der Waals surface area contributed by atoms with E-state index in [0.717, 1.165) is 61.3 Å². The Morgan fingerprint density at radius 3 is 2.54 bits per heavy atom. The first-order valence-corrected chi connectivity index (χ1v) is 13.7. The van der Waals surface area contributed by atoms with Crippen LogP contribution < -0.4 is 0 Å². The van der Waals surface area contributed by atoms with Crippen molar-refractivity contribution in [2.45, 2.75) is 83.8 Å². The fourth-order valence-electron chi connectivity index (χ4n) is 6.06. The van der Waals surface area contributed by atoms with Gasteiger partial charge in [0.25, 0.3) is 0 Å². The summed E-state index contributed by atoms with van der Waals surface area (Å²) in [6.45, 7) is 8.54. The molecule has 2 heterocycles. The maximum Gasteiger partial charge on any atom is 0.141 e. The Balaban J connectivity index is 1.57. The fourth-order valence-corrected chi connectivity index (χ4v) is 6.37. The second-order valence-corrected chi connectivity index (χ2v) is 11.3. The number of nitrogens with zero attached hydrogens (tertiary/aromatic N) is 2. The fraction of sp³-hybridized carbons (Fsp3) is 0.484. The van der Waals surface area contributed by atoms with Crippen LogP contribution in [0.3, 0.4) is 0 Å². The van der Waals surface area contributed by atoms with Crippen LogP contribution in [0.5, 0.6) is 0 Å². The molecule has 2 aliphatic rings. The molecule has 1 fully saturated rings. The Hall–Kier alpha value is -2.30. The quantitative estimate of drug-likeness (QED) is 0.335. The molecule has 1 aliphatic heterocycles. The third-order valence-electron chi connectivity index (χ3n) is 8.24. The molecule has 5 rings (SSSR count). The monoisotopic (exact) mass is 486 g/mol. The molecule has 0 spiro atoms. The van der Waals surface area contributed by atoms with Gasteiger partial charge in [0.05, 0.1) is 6.10 Å². The molecule has 2 atom stereocenters. The molecule has 1 saturated heterocycles. The van der Waals surface area contributed by atoms with Crippen LogP contribution in [-0.4, -0.2) is 22.3 Å². The molecule has 4 heteroatoms. The van der Waals surface area contributed by atoms with Crippen LogP contribution in [0.2, 0.25) is 0 Å². The van der Waals surface area contributed by atoms with Crippen LogP contribution >= 0.6 is 12.2 Å². The summed E-state index contributed by atoms with van der Waals surface area (Å²) in [4.78, 5) is 5.02. The van der Waals surface area contributed by atoms with Crippen LogP contribution in [0.1, 0.15) is 68.3 Å². The van der Waals surface area contributed by atoms with Crippen LogP contribution in [0.25, 0.3) is 11.4 Å². The number of aryl methyl sites for hydroxylation is 1. The Morgan fingerprint density at radius 1 is 1.06 bits per heavy atom. The van der Waals surface area contributed by atoms with Gasteiger partial charge in [-0.1, -0.05) is 86.2 Å². The highest BCUT2D eigenvalue weighted by atomic mass is 32.1. The zero-order chi connectivity index (χ0) is 24.4. The van der Waals surface area contributed by atoms with Crippen molar-refractivity contribution in [2.24, 2.45) is 5.92 Å². The molecular formula is C31H38N2OS. The second kappa shape index (κ2) is 10.4. The lowest BCUT2D eigenvalue weighted by atomic mass is 9.68. The van der Waals surface area contributed by atoms with Gasteiger partial charge in [-0.2, -0.15) is 0 Å². The first-order chi connectivity index (χ1) is 17.0. The molecule has 0 radical (unpaired) electrons. The molecule has 0 saturated carbocycles. The summed E-state index contributed by atoms with van der Waals surface area (Å²) in [6, 6.07) is 19.9. The summed E-state index contributed by atoms with van der Waals surface area (Å²) in [5.41, 5.74) is 6.76. The maximum absolute atomic E-state index is 6.26. The highest BCUT2D eigenvalue weighted by Gasteiger charge is 2.39. The third kappa shape index (κ3) is 5.01. The van der Waals surface area contributed by atoms with Gasteiger partial charge in [-0.15, -0.1) is 0 Å². The van der Waals surface area contributed by atoms with Crippen LogP contribution in [0.15, 0.2) is 54.6 Å². The number of aromatic nitrogens is 2.